The molecule has 3 unspecified atom stereocenters. The van der Waals surface area contributed by atoms with Crippen molar-refractivity contribution in [1.82, 2.24) is 5.32 Å². The van der Waals surface area contributed by atoms with E-state index in [9.17, 15) is 4.79 Å². The van der Waals surface area contributed by atoms with Crippen molar-refractivity contribution in [2.75, 3.05) is 12.3 Å². The summed E-state index contributed by atoms with van der Waals surface area (Å²) in [5.41, 5.74) is 6.76. The third-order valence-electron chi connectivity index (χ3n) is 3.48. The van der Waals surface area contributed by atoms with E-state index in [2.05, 4.69) is 40.3 Å². The fourth-order valence-corrected chi connectivity index (χ4v) is 3.67. The average Bonchev–Trinajstić information content (AvgIpc) is 2.41. The molecule has 0 saturated carbocycles. The summed E-state index contributed by atoms with van der Waals surface area (Å²) in [6.07, 6.45) is 0. The van der Waals surface area contributed by atoms with Gasteiger partial charge in [-0.15, -0.1) is 11.8 Å². The second-order valence-corrected chi connectivity index (χ2v) is 7.07. The number of thioether (sulfide) groups is 1. The van der Waals surface area contributed by atoms with Gasteiger partial charge in [0.25, 0.3) is 0 Å². The maximum absolute atomic E-state index is 12.1. The van der Waals surface area contributed by atoms with Crippen LogP contribution in [0.15, 0.2) is 27.6 Å². The van der Waals surface area contributed by atoms with Crippen molar-refractivity contribution in [2.24, 2.45) is 17.6 Å². The number of halogens is 1. The first kappa shape index (κ1) is 14.9. The van der Waals surface area contributed by atoms with Crippen molar-refractivity contribution >= 4 is 33.6 Å². The second kappa shape index (κ2) is 6.29. The van der Waals surface area contributed by atoms with E-state index in [0.29, 0.717) is 12.5 Å². The predicted octanol–water partition coefficient (Wildman–Crippen LogP) is 2.94. The molecule has 0 bridgehead atoms. The first-order valence-corrected chi connectivity index (χ1v) is 8.23. The topological polar surface area (TPSA) is 55.1 Å². The van der Waals surface area contributed by atoms with Crippen LogP contribution < -0.4 is 11.1 Å². The van der Waals surface area contributed by atoms with Crippen LogP contribution in [-0.4, -0.2) is 18.2 Å². The third kappa shape index (κ3) is 3.33. The van der Waals surface area contributed by atoms with E-state index in [-0.39, 0.29) is 17.9 Å². The fourth-order valence-electron chi connectivity index (χ4n) is 2.14. The van der Waals surface area contributed by atoms with Crippen LogP contribution in [0.1, 0.15) is 25.5 Å². The summed E-state index contributed by atoms with van der Waals surface area (Å²) in [5.74, 6) is 1.34. The number of hydrogen-bond acceptors (Lipinski definition) is 3. The zero-order chi connectivity index (χ0) is 14.0. The van der Waals surface area contributed by atoms with E-state index in [4.69, 9.17) is 5.73 Å². The minimum atomic E-state index is -0.141. The Morgan fingerprint density at radius 2 is 2.37 bits per heavy atom. The Morgan fingerprint density at radius 3 is 3.05 bits per heavy atom. The predicted molar refractivity (Wildman–Crippen MR) is 83.1 cm³/mol. The Balaban J connectivity index is 2.25. The van der Waals surface area contributed by atoms with Crippen LogP contribution in [0.5, 0.6) is 0 Å². The van der Waals surface area contributed by atoms with Crippen LogP contribution in [-0.2, 0) is 4.79 Å². The molecule has 0 fully saturated rings. The van der Waals surface area contributed by atoms with Crippen molar-refractivity contribution in [3.05, 3.63) is 28.2 Å². The van der Waals surface area contributed by atoms with E-state index in [1.807, 2.05) is 24.8 Å². The third-order valence-corrected chi connectivity index (χ3v) is 5.35. The summed E-state index contributed by atoms with van der Waals surface area (Å²) in [4.78, 5) is 13.3. The van der Waals surface area contributed by atoms with Gasteiger partial charge in [0, 0.05) is 27.6 Å². The molecule has 1 aromatic carbocycles. The zero-order valence-electron chi connectivity index (χ0n) is 11.2. The SMILES string of the molecule is CC(CN)C(=O)NC1c2cc(Br)ccc2SCC1C. The summed E-state index contributed by atoms with van der Waals surface area (Å²) >= 11 is 5.36. The minimum Gasteiger partial charge on any atom is -0.349 e. The minimum absolute atomic E-state index is 0.0391. The molecular formula is C14H19BrN2OS. The van der Waals surface area contributed by atoms with Crippen LogP contribution >= 0.6 is 27.7 Å². The van der Waals surface area contributed by atoms with Crippen LogP contribution in [0.3, 0.4) is 0 Å². The van der Waals surface area contributed by atoms with Crippen molar-refractivity contribution in [1.29, 1.82) is 0 Å². The molecule has 3 N–H and O–H groups in total. The van der Waals surface area contributed by atoms with Gasteiger partial charge in [-0.05, 0) is 29.7 Å². The number of nitrogens with two attached hydrogens (primary N) is 1. The van der Waals surface area contributed by atoms with Gasteiger partial charge in [0.1, 0.15) is 0 Å². The highest BCUT2D eigenvalue weighted by molar-refractivity contribution is 9.10. The number of nitrogens with one attached hydrogen (secondary N) is 1. The first-order chi connectivity index (χ1) is 9.02. The van der Waals surface area contributed by atoms with Crippen molar-refractivity contribution < 1.29 is 4.79 Å². The molecule has 104 valence electrons. The Morgan fingerprint density at radius 1 is 1.63 bits per heavy atom. The summed E-state index contributed by atoms with van der Waals surface area (Å²) in [7, 11) is 0. The Bertz CT molecular complexity index is 481. The molecule has 2 rings (SSSR count). The molecule has 0 aliphatic carbocycles. The molecule has 5 heteroatoms. The lowest BCUT2D eigenvalue weighted by Crippen LogP contribution is -2.40. The molecule has 19 heavy (non-hydrogen) atoms. The largest absolute Gasteiger partial charge is 0.349 e. The Hall–Kier alpha value is -0.520. The summed E-state index contributed by atoms with van der Waals surface area (Å²) in [6.45, 7) is 4.42. The van der Waals surface area contributed by atoms with Crippen LogP contribution in [0.4, 0.5) is 0 Å². The van der Waals surface area contributed by atoms with Gasteiger partial charge in [0.05, 0.1) is 6.04 Å². The zero-order valence-corrected chi connectivity index (χ0v) is 13.6. The van der Waals surface area contributed by atoms with Gasteiger partial charge < -0.3 is 11.1 Å². The van der Waals surface area contributed by atoms with Gasteiger partial charge in [0.15, 0.2) is 0 Å². The standard InChI is InChI=1S/C14H19BrN2OS/c1-8(6-16)14(18)17-13-9(2)7-19-12-4-3-10(15)5-11(12)13/h3-5,8-9,13H,6-7,16H2,1-2H3,(H,17,18). The first-order valence-electron chi connectivity index (χ1n) is 6.45. The number of fused-ring (bicyclic) bond motifs is 1. The monoisotopic (exact) mass is 342 g/mol. The van der Waals surface area contributed by atoms with Crippen molar-refractivity contribution in [2.45, 2.75) is 24.8 Å². The molecule has 0 radical (unpaired) electrons. The molecule has 3 nitrogen and oxygen atoms in total. The molecule has 1 amide bonds. The highest BCUT2D eigenvalue weighted by Crippen LogP contribution is 2.40. The number of rotatable bonds is 3. The van der Waals surface area contributed by atoms with E-state index >= 15 is 0 Å². The molecule has 1 aliphatic rings. The maximum Gasteiger partial charge on any atom is 0.224 e. The molecule has 0 aromatic heterocycles. The summed E-state index contributed by atoms with van der Waals surface area (Å²) < 4.78 is 1.05. The van der Waals surface area contributed by atoms with Gasteiger partial charge in [0.2, 0.25) is 5.91 Å². The lowest BCUT2D eigenvalue weighted by molar-refractivity contribution is -0.125. The van der Waals surface area contributed by atoms with Gasteiger partial charge in [-0.2, -0.15) is 0 Å². The van der Waals surface area contributed by atoms with Gasteiger partial charge in [-0.3, -0.25) is 4.79 Å². The Kier molecular flexibility index (Phi) is 4.92. The highest BCUT2D eigenvalue weighted by Gasteiger charge is 2.29. The second-order valence-electron chi connectivity index (χ2n) is 5.09. The van der Waals surface area contributed by atoms with Crippen molar-refractivity contribution in [3.8, 4) is 0 Å². The van der Waals surface area contributed by atoms with Gasteiger partial charge in [-0.25, -0.2) is 0 Å². The van der Waals surface area contributed by atoms with Crippen LogP contribution in [0, 0.1) is 11.8 Å². The molecule has 1 aliphatic heterocycles. The number of hydrogen-bond donors (Lipinski definition) is 2. The number of amides is 1. The summed E-state index contributed by atoms with van der Waals surface area (Å²) in [5, 5.41) is 3.15. The van der Waals surface area contributed by atoms with E-state index in [0.717, 1.165) is 10.2 Å². The number of benzene rings is 1. The molecule has 3 atom stereocenters. The Labute approximate surface area is 126 Å². The summed E-state index contributed by atoms with van der Waals surface area (Å²) in [6, 6.07) is 6.34. The van der Waals surface area contributed by atoms with Crippen LogP contribution in [0.2, 0.25) is 0 Å². The van der Waals surface area contributed by atoms with E-state index in [1.165, 1.54) is 10.5 Å². The molecule has 0 spiro atoms. The highest BCUT2D eigenvalue weighted by atomic mass is 79.9. The molecule has 0 saturated heterocycles. The average molecular weight is 343 g/mol. The smallest absolute Gasteiger partial charge is 0.224 e. The fraction of sp³-hybridized carbons (Fsp3) is 0.500. The maximum atomic E-state index is 12.1. The number of carbonyl (C=O) groups excluding carboxylic acids is 1. The van der Waals surface area contributed by atoms with Gasteiger partial charge in [-0.1, -0.05) is 29.8 Å². The van der Waals surface area contributed by atoms with Gasteiger partial charge >= 0.3 is 0 Å². The van der Waals surface area contributed by atoms with Crippen molar-refractivity contribution in [3.63, 3.8) is 0 Å². The molecular weight excluding hydrogens is 324 g/mol. The number of carbonyl (C=O) groups is 1. The lowest BCUT2D eigenvalue weighted by Gasteiger charge is -2.32. The van der Waals surface area contributed by atoms with E-state index in [1.54, 1.807) is 0 Å². The molecule has 1 aromatic rings. The quantitative estimate of drug-likeness (QED) is 0.887. The normalized spacial score (nSPS) is 23.6. The lowest BCUT2D eigenvalue weighted by atomic mass is 9.94. The molecule has 1 heterocycles. The van der Waals surface area contributed by atoms with Crippen LogP contribution in [0.25, 0.3) is 0 Å². The van der Waals surface area contributed by atoms with E-state index < -0.39 is 0 Å².